The van der Waals surface area contributed by atoms with Gasteiger partial charge in [-0.2, -0.15) is 0 Å². The summed E-state index contributed by atoms with van der Waals surface area (Å²) >= 11 is 7.25. The predicted molar refractivity (Wildman–Crippen MR) is 118 cm³/mol. The summed E-state index contributed by atoms with van der Waals surface area (Å²) in [5.41, 5.74) is 0.162. The number of para-hydroxylation sites is 2. The van der Waals surface area contributed by atoms with E-state index in [2.05, 4.69) is 5.32 Å². The van der Waals surface area contributed by atoms with Gasteiger partial charge in [-0.15, -0.1) is 11.3 Å². The van der Waals surface area contributed by atoms with E-state index in [-0.39, 0.29) is 6.54 Å². The molecule has 0 spiro atoms. The molecular formula is C21H16ClN3O4S. The molecule has 0 aliphatic heterocycles. The van der Waals surface area contributed by atoms with Crippen LogP contribution >= 0.6 is 22.9 Å². The van der Waals surface area contributed by atoms with Crippen molar-refractivity contribution in [2.45, 2.75) is 6.54 Å². The number of halogens is 1. The summed E-state index contributed by atoms with van der Waals surface area (Å²) in [6.07, 6.45) is 0. The van der Waals surface area contributed by atoms with Gasteiger partial charge in [0.2, 0.25) is 5.91 Å². The number of ether oxygens (including phenoxy) is 1. The molecule has 0 fully saturated rings. The van der Waals surface area contributed by atoms with Crippen molar-refractivity contribution in [3.63, 3.8) is 0 Å². The summed E-state index contributed by atoms with van der Waals surface area (Å²) in [4.78, 5) is 38.9. The van der Waals surface area contributed by atoms with E-state index in [1.54, 1.807) is 53.9 Å². The minimum absolute atomic E-state index is 0.273. The number of methoxy groups -OCH3 is 1. The predicted octanol–water partition coefficient (Wildman–Crippen LogP) is 3.51. The van der Waals surface area contributed by atoms with E-state index < -0.39 is 17.2 Å². The van der Waals surface area contributed by atoms with Crippen LogP contribution in [-0.2, 0) is 11.3 Å². The Balaban J connectivity index is 1.79. The Kier molecular flexibility index (Phi) is 5.43. The average molecular weight is 442 g/mol. The Labute approximate surface area is 179 Å². The molecule has 152 valence electrons. The minimum Gasteiger partial charge on any atom is -0.495 e. The van der Waals surface area contributed by atoms with Crippen LogP contribution in [-0.4, -0.2) is 22.2 Å². The second kappa shape index (κ2) is 8.17. The molecule has 1 amide bonds. The summed E-state index contributed by atoms with van der Waals surface area (Å²) in [5.74, 6) is 0.0770. The van der Waals surface area contributed by atoms with Crippen LogP contribution in [0.4, 0.5) is 5.69 Å². The SMILES string of the molecule is COc1ccccc1NC(=O)Cn1c(=O)n(-c2cccc(Cl)c2)c(=O)c2sccc21. The standard InChI is InChI=1S/C21H16ClN3O4S/c1-29-17-8-3-2-7-15(17)23-18(26)12-24-16-9-10-30-19(16)20(27)25(21(24)28)14-6-4-5-13(22)11-14/h2-11H,12H2,1H3,(H,23,26). The Hall–Kier alpha value is -3.36. The van der Waals surface area contributed by atoms with Gasteiger partial charge in [0.05, 0.1) is 24.0 Å². The molecule has 0 saturated carbocycles. The summed E-state index contributed by atoms with van der Waals surface area (Å²) in [6.45, 7) is -0.273. The molecule has 1 N–H and O–H groups in total. The van der Waals surface area contributed by atoms with Crippen molar-refractivity contribution in [1.29, 1.82) is 0 Å². The number of thiophene rings is 1. The molecule has 0 aliphatic rings. The molecule has 0 aliphatic carbocycles. The van der Waals surface area contributed by atoms with E-state index in [0.717, 1.165) is 4.57 Å². The molecule has 2 aromatic carbocycles. The third kappa shape index (κ3) is 3.62. The molecule has 2 aromatic heterocycles. The molecule has 30 heavy (non-hydrogen) atoms. The number of anilines is 1. The number of carbonyl (C=O) groups is 1. The highest BCUT2D eigenvalue weighted by molar-refractivity contribution is 7.17. The maximum atomic E-state index is 13.2. The maximum absolute atomic E-state index is 13.2. The van der Waals surface area contributed by atoms with E-state index in [0.29, 0.717) is 32.4 Å². The number of fused-ring (bicyclic) bond motifs is 1. The zero-order chi connectivity index (χ0) is 21.3. The van der Waals surface area contributed by atoms with Crippen LogP contribution in [0.1, 0.15) is 0 Å². The number of rotatable bonds is 5. The molecule has 2 heterocycles. The van der Waals surface area contributed by atoms with Crippen LogP contribution < -0.4 is 21.3 Å². The van der Waals surface area contributed by atoms with Crippen molar-refractivity contribution in [1.82, 2.24) is 9.13 Å². The van der Waals surface area contributed by atoms with Gasteiger partial charge in [0.15, 0.2) is 0 Å². The van der Waals surface area contributed by atoms with Gasteiger partial charge in [0, 0.05) is 5.02 Å². The first kappa shape index (κ1) is 19.9. The van der Waals surface area contributed by atoms with Crippen molar-refractivity contribution in [2.75, 3.05) is 12.4 Å². The van der Waals surface area contributed by atoms with Crippen LogP contribution in [0.25, 0.3) is 15.9 Å². The molecule has 0 radical (unpaired) electrons. The monoisotopic (exact) mass is 441 g/mol. The van der Waals surface area contributed by atoms with Crippen LogP contribution in [0.15, 0.2) is 69.6 Å². The van der Waals surface area contributed by atoms with Gasteiger partial charge in [-0.1, -0.05) is 29.8 Å². The Morgan fingerprint density at radius 3 is 2.70 bits per heavy atom. The average Bonchev–Trinajstić information content (AvgIpc) is 3.22. The number of nitrogens with one attached hydrogen (secondary N) is 1. The first-order valence-electron chi connectivity index (χ1n) is 8.91. The highest BCUT2D eigenvalue weighted by atomic mass is 35.5. The lowest BCUT2D eigenvalue weighted by molar-refractivity contribution is -0.116. The molecule has 0 saturated heterocycles. The lowest BCUT2D eigenvalue weighted by Crippen LogP contribution is -2.40. The largest absolute Gasteiger partial charge is 0.495 e. The zero-order valence-corrected chi connectivity index (χ0v) is 17.4. The summed E-state index contributed by atoms with van der Waals surface area (Å²) in [6, 6.07) is 15.1. The van der Waals surface area contributed by atoms with Crippen molar-refractivity contribution < 1.29 is 9.53 Å². The van der Waals surface area contributed by atoms with E-state index in [1.807, 2.05) is 0 Å². The topological polar surface area (TPSA) is 82.3 Å². The first-order valence-corrected chi connectivity index (χ1v) is 10.2. The lowest BCUT2D eigenvalue weighted by atomic mass is 10.3. The highest BCUT2D eigenvalue weighted by Gasteiger charge is 2.18. The molecule has 0 bridgehead atoms. The highest BCUT2D eigenvalue weighted by Crippen LogP contribution is 2.23. The number of hydrogen-bond acceptors (Lipinski definition) is 5. The van der Waals surface area contributed by atoms with E-state index in [1.165, 1.54) is 29.1 Å². The maximum Gasteiger partial charge on any atom is 0.336 e. The molecular weight excluding hydrogens is 426 g/mol. The Bertz CT molecular complexity index is 1370. The molecule has 4 rings (SSSR count). The molecule has 0 unspecified atom stereocenters. The molecule has 0 atom stereocenters. The third-order valence-electron chi connectivity index (χ3n) is 4.50. The third-order valence-corrected chi connectivity index (χ3v) is 5.63. The number of aromatic nitrogens is 2. The second-order valence-electron chi connectivity index (χ2n) is 6.37. The van der Waals surface area contributed by atoms with Crippen LogP contribution in [0.5, 0.6) is 5.75 Å². The van der Waals surface area contributed by atoms with E-state index in [4.69, 9.17) is 16.3 Å². The van der Waals surface area contributed by atoms with Crippen LogP contribution in [0.3, 0.4) is 0 Å². The van der Waals surface area contributed by atoms with E-state index in [9.17, 15) is 14.4 Å². The van der Waals surface area contributed by atoms with Gasteiger partial charge in [0.25, 0.3) is 5.56 Å². The lowest BCUT2D eigenvalue weighted by Gasteiger charge is -2.13. The van der Waals surface area contributed by atoms with Crippen molar-refractivity contribution in [2.24, 2.45) is 0 Å². The molecule has 7 nitrogen and oxygen atoms in total. The van der Waals surface area contributed by atoms with Crippen molar-refractivity contribution >= 4 is 44.7 Å². The quantitative estimate of drug-likeness (QED) is 0.513. The number of nitrogens with zero attached hydrogens (tertiary/aromatic N) is 2. The van der Waals surface area contributed by atoms with E-state index >= 15 is 0 Å². The second-order valence-corrected chi connectivity index (χ2v) is 7.73. The zero-order valence-electron chi connectivity index (χ0n) is 15.8. The normalized spacial score (nSPS) is 10.9. The number of amides is 1. The first-order chi connectivity index (χ1) is 14.5. The van der Waals surface area contributed by atoms with Crippen molar-refractivity contribution in [3.8, 4) is 11.4 Å². The van der Waals surface area contributed by atoms with Crippen LogP contribution in [0.2, 0.25) is 5.02 Å². The fraction of sp³-hybridized carbons (Fsp3) is 0.0952. The fourth-order valence-corrected chi connectivity index (χ4v) is 4.17. The van der Waals surface area contributed by atoms with Gasteiger partial charge in [0.1, 0.15) is 17.0 Å². The number of hydrogen-bond donors (Lipinski definition) is 1. The van der Waals surface area contributed by atoms with Crippen LogP contribution in [0, 0.1) is 0 Å². The van der Waals surface area contributed by atoms with Crippen molar-refractivity contribution in [3.05, 3.63) is 85.8 Å². The summed E-state index contributed by atoms with van der Waals surface area (Å²) < 4.78 is 7.92. The molecule has 9 heteroatoms. The van der Waals surface area contributed by atoms with Gasteiger partial charge in [-0.05, 0) is 41.8 Å². The smallest absolute Gasteiger partial charge is 0.336 e. The van der Waals surface area contributed by atoms with Gasteiger partial charge >= 0.3 is 5.69 Å². The Morgan fingerprint density at radius 1 is 1.13 bits per heavy atom. The van der Waals surface area contributed by atoms with Gasteiger partial charge < -0.3 is 10.1 Å². The summed E-state index contributed by atoms with van der Waals surface area (Å²) in [5, 5.41) is 4.85. The summed E-state index contributed by atoms with van der Waals surface area (Å²) in [7, 11) is 1.51. The van der Waals surface area contributed by atoms with Gasteiger partial charge in [-0.25, -0.2) is 9.36 Å². The minimum atomic E-state index is -0.622. The number of benzene rings is 2. The molecule has 4 aromatic rings. The Morgan fingerprint density at radius 2 is 1.93 bits per heavy atom. The van der Waals surface area contributed by atoms with Gasteiger partial charge in [-0.3, -0.25) is 14.2 Å². The number of carbonyl (C=O) groups excluding carboxylic acids is 1. The fourth-order valence-electron chi connectivity index (χ4n) is 3.16.